The van der Waals surface area contributed by atoms with Gasteiger partial charge in [-0.1, -0.05) is 31.9 Å². The molecule has 0 unspecified atom stereocenters. The smallest absolute Gasteiger partial charge is 0.256 e. The summed E-state index contributed by atoms with van der Waals surface area (Å²) in [5.41, 5.74) is 3.19. The first-order valence-electron chi connectivity index (χ1n) is 6.25. The van der Waals surface area contributed by atoms with Gasteiger partial charge in [0.2, 0.25) is 0 Å². The molecule has 0 spiro atoms. The molecule has 1 aliphatic rings. The third-order valence-corrected chi connectivity index (χ3v) is 4.24. The molecular weight excluding hydrogens is 398 g/mol. The molecule has 0 fully saturated rings. The highest BCUT2D eigenvalue weighted by molar-refractivity contribution is 9.10. The third-order valence-electron chi connectivity index (χ3n) is 3.26. The van der Waals surface area contributed by atoms with Crippen molar-refractivity contribution in [3.63, 3.8) is 0 Å². The van der Waals surface area contributed by atoms with Gasteiger partial charge >= 0.3 is 0 Å². The van der Waals surface area contributed by atoms with Crippen LogP contribution < -0.4 is 10.1 Å². The Morgan fingerprint density at radius 3 is 2.57 bits per heavy atom. The second-order valence-electron chi connectivity index (χ2n) is 4.59. The van der Waals surface area contributed by atoms with Gasteiger partial charge in [0.15, 0.2) is 0 Å². The Balaban J connectivity index is 2.15. The van der Waals surface area contributed by atoms with Crippen LogP contribution >= 0.6 is 31.9 Å². The maximum atomic E-state index is 12.2. The summed E-state index contributed by atoms with van der Waals surface area (Å²) in [5.74, 6) is 0.618. The van der Waals surface area contributed by atoms with Crippen molar-refractivity contribution >= 4 is 55.1 Å². The molecule has 0 atom stereocenters. The van der Waals surface area contributed by atoms with E-state index in [0.29, 0.717) is 5.57 Å². The van der Waals surface area contributed by atoms with Crippen LogP contribution in [0.1, 0.15) is 11.1 Å². The number of rotatable bonds is 2. The average molecular weight is 409 g/mol. The molecule has 0 aliphatic carbocycles. The van der Waals surface area contributed by atoms with Crippen molar-refractivity contribution < 1.29 is 9.53 Å². The first-order valence-corrected chi connectivity index (χ1v) is 7.83. The minimum atomic E-state index is -0.106. The van der Waals surface area contributed by atoms with Crippen LogP contribution in [0.3, 0.4) is 0 Å². The highest BCUT2D eigenvalue weighted by Gasteiger charge is 2.24. The van der Waals surface area contributed by atoms with E-state index < -0.39 is 0 Å². The van der Waals surface area contributed by atoms with Gasteiger partial charge in [-0.15, -0.1) is 0 Å². The van der Waals surface area contributed by atoms with Gasteiger partial charge in [-0.05, 0) is 42.5 Å². The number of halogens is 2. The zero-order valence-electron chi connectivity index (χ0n) is 11.1. The first-order chi connectivity index (χ1) is 10.1. The average Bonchev–Trinajstić information content (AvgIpc) is 2.75. The van der Waals surface area contributed by atoms with Crippen molar-refractivity contribution in [3.8, 4) is 5.75 Å². The molecule has 2 aromatic carbocycles. The Morgan fingerprint density at radius 1 is 1.10 bits per heavy atom. The SMILES string of the molecule is COc1ccc(Br)cc1/C=C1/C(=O)Nc2ccc(Br)cc21. The van der Waals surface area contributed by atoms with E-state index in [4.69, 9.17) is 4.74 Å². The highest BCUT2D eigenvalue weighted by Crippen LogP contribution is 2.36. The van der Waals surface area contributed by atoms with E-state index in [1.807, 2.05) is 42.5 Å². The van der Waals surface area contributed by atoms with Gasteiger partial charge in [-0.2, -0.15) is 0 Å². The Bertz CT molecular complexity index is 769. The van der Waals surface area contributed by atoms with E-state index in [1.165, 1.54) is 0 Å². The topological polar surface area (TPSA) is 38.3 Å². The summed E-state index contributed by atoms with van der Waals surface area (Å²) >= 11 is 6.88. The van der Waals surface area contributed by atoms with Crippen molar-refractivity contribution in [3.05, 3.63) is 56.5 Å². The quantitative estimate of drug-likeness (QED) is 0.730. The van der Waals surface area contributed by atoms with Gasteiger partial charge in [-0.3, -0.25) is 4.79 Å². The second-order valence-corrected chi connectivity index (χ2v) is 6.42. The fraction of sp³-hybridized carbons (Fsp3) is 0.0625. The van der Waals surface area contributed by atoms with Crippen molar-refractivity contribution in [1.82, 2.24) is 0 Å². The number of hydrogen-bond acceptors (Lipinski definition) is 2. The molecule has 3 rings (SSSR count). The third kappa shape index (κ3) is 2.76. The van der Waals surface area contributed by atoms with Crippen LogP contribution in [0.2, 0.25) is 0 Å². The number of benzene rings is 2. The normalized spacial score (nSPS) is 15.0. The predicted octanol–water partition coefficient (Wildman–Crippen LogP) is 4.71. The Labute approximate surface area is 139 Å². The van der Waals surface area contributed by atoms with Crippen LogP contribution in [0.4, 0.5) is 5.69 Å². The number of nitrogens with one attached hydrogen (secondary N) is 1. The van der Waals surface area contributed by atoms with E-state index in [-0.39, 0.29) is 5.91 Å². The number of carbonyl (C=O) groups is 1. The molecule has 1 N–H and O–H groups in total. The fourth-order valence-electron chi connectivity index (χ4n) is 2.28. The van der Waals surface area contributed by atoms with Gasteiger partial charge in [0.1, 0.15) is 5.75 Å². The molecule has 1 aliphatic heterocycles. The summed E-state index contributed by atoms with van der Waals surface area (Å²) < 4.78 is 7.22. The summed E-state index contributed by atoms with van der Waals surface area (Å²) in [4.78, 5) is 12.2. The summed E-state index contributed by atoms with van der Waals surface area (Å²) in [6.07, 6.45) is 1.84. The van der Waals surface area contributed by atoms with Gasteiger partial charge in [-0.25, -0.2) is 0 Å². The Morgan fingerprint density at radius 2 is 1.81 bits per heavy atom. The van der Waals surface area contributed by atoms with Crippen LogP contribution in [0, 0.1) is 0 Å². The number of amides is 1. The van der Waals surface area contributed by atoms with Crippen molar-refractivity contribution in [1.29, 1.82) is 0 Å². The number of anilines is 1. The van der Waals surface area contributed by atoms with E-state index in [9.17, 15) is 4.79 Å². The van der Waals surface area contributed by atoms with Gasteiger partial charge < -0.3 is 10.1 Å². The number of fused-ring (bicyclic) bond motifs is 1. The van der Waals surface area contributed by atoms with Crippen molar-refractivity contribution in [2.45, 2.75) is 0 Å². The number of hydrogen-bond donors (Lipinski definition) is 1. The molecule has 3 nitrogen and oxygen atoms in total. The zero-order chi connectivity index (χ0) is 15.0. The van der Waals surface area contributed by atoms with Crippen LogP contribution in [0.5, 0.6) is 5.75 Å². The monoisotopic (exact) mass is 407 g/mol. The van der Waals surface area contributed by atoms with E-state index in [2.05, 4.69) is 37.2 Å². The van der Waals surface area contributed by atoms with Crippen LogP contribution in [0.15, 0.2) is 45.3 Å². The lowest BCUT2D eigenvalue weighted by Crippen LogP contribution is -2.03. The fourth-order valence-corrected chi connectivity index (χ4v) is 3.02. The largest absolute Gasteiger partial charge is 0.496 e. The maximum absolute atomic E-state index is 12.2. The first kappa shape index (κ1) is 14.4. The summed E-state index contributed by atoms with van der Waals surface area (Å²) in [7, 11) is 1.62. The van der Waals surface area contributed by atoms with E-state index >= 15 is 0 Å². The highest BCUT2D eigenvalue weighted by atomic mass is 79.9. The predicted molar refractivity (Wildman–Crippen MR) is 91.3 cm³/mol. The molecule has 21 heavy (non-hydrogen) atoms. The van der Waals surface area contributed by atoms with Crippen LogP contribution in [-0.2, 0) is 4.79 Å². The second kappa shape index (κ2) is 5.66. The lowest BCUT2D eigenvalue weighted by Gasteiger charge is -2.06. The Hall–Kier alpha value is -1.59. The summed E-state index contributed by atoms with van der Waals surface area (Å²) in [6.45, 7) is 0. The maximum Gasteiger partial charge on any atom is 0.256 e. The minimum Gasteiger partial charge on any atom is -0.496 e. The molecule has 1 heterocycles. The standard InChI is InChI=1S/C16H11Br2NO2/c1-21-15-5-3-10(17)6-9(15)7-13-12-8-11(18)2-4-14(12)19-16(13)20/h2-8H,1H3,(H,19,20)/b13-7+. The molecular formula is C16H11Br2NO2. The van der Waals surface area contributed by atoms with Crippen LogP contribution in [-0.4, -0.2) is 13.0 Å². The van der Waals surface area contributed by atoms with Crippen molar-refractivity contribution in [2.24, 2.45) is 0 Å². The molecule has 0 saturated heterocycles. The summed E-state index contributed by atoms with van der Waals surface area (Å²) in [5, 5.41) is 2.87. The molecule has 1 amide bonds. The van der Waals surface area contributed by atoms with Gasteiger partial charge in [0.25, 0.3) is 5.91 Å². The number of carbonyl (C=O) groups excluding carboxylic acids is 1. The molecule has 5 heteroatoms. The van der Waals surface area contributed by atoms with Crippen molar-refractivity contribution in [2.75, 3.05) is 12.4 Å². The lowest BCUT2D eigenvalue weighted by molar-refractivity contribution is -0.110. The molecule has 0 bridgehead atoms. The molecule has 2 aromatic rings. The van der Waals surface area contributed by atoms with Crippen LogP contribution in [0.25, 0.3) is 11.6 Å². The number of methoxy groups -OCH3 is 1. The molecule has 0 saturated carbocycles. The van der Waals surface area contributed by atoms with E-state index in [0.717, 1.165) is 31.5 Å². The Kier molecular flexibility index (Phi) is 3.87. The molecule has 0 radical (unpaired) electrons. The summed E-state index contributed by atoms with van der Waals surface area (Å²) in [6, 6.07) is 11.4. The van der Waals surface area contributed by atoms with Gasteiger partial charge in [0.05, 0.1) is 7.11 Å². The van der Waals surface area contributed by atoms with Gasteiger partial charge in [0, 0.05) is 31.3 Å². The zero-order valence-corrected chi connectivity index (χ0v) is 14.3. The molecule has 106 valence electrons. The number of ether oxygens (including phenoxy) is 1. The molecule has 0 aromatic heterocycles. The lowest BCUT2D eigenvalue weighted by atomic mass is 10.0. The van der Waals surface area contributed by atoms with E-state index in [1.54, 1.807) is 7.11 Å². The minimum absolute atomic E-state index is 0.106.